The summed E-state index contributed by atoms with van der Waals surface area (Å²) in [7, 11) is -3.45. The summed E-state index contributed by atoms with van der Waals surface area (Å²) in [6, 6.07) is 3.53. The van der Waals surface area contributed by atoms with Gasteiger partial charge >= 0.3 is 0 Å². The number of hydrogen-bond acceptors (Lipinski definition) is 4. The standard InChI is InChI=1S/C15H21ClN2O3S2/c1-10(15(19)17-12-2-3-12)11-6-8-18(9-7-11)23(20,21)14-5-4-13(16)22-14/h4-5,10-12H,2-3,6-9H2,1H3,(H,17,19)/t10-/m1/s1. The van der Waals surface area contributed by atoms with Gasteiger partial charge in [0.15, 0.2) is 0 Å². The van der Waals surface area contributed by atoms with Gasteiger partial charge in [-0.05, 0) is 43.7 Å². The van der Waals surface area contributed by atoms with Crippen molar-refractivity contribution in [3.63, 3.8) is 0 Å². The van der Waals surface area contributed by atoms with E-state index in [1.165, 1.54) is 4.31 Å². The minimum absolute atomic E-state index is 0.0587. The molecule has 2 heterocycles. The Morgan fingerprint density at radius 3 is 2.48 bits per heavy atom. The third-order valence-electron chi connectivity index (χ3n) is 4.69. The van der Waals surface area contributed by atoms with E-state index in [2.05, 4.69) is 5.32 Å². The van der Waals surface area contributed by atoms with Crippen molar-refractivity contribution in [2.45, 2.75) is 42.9 Å². The number of rotatable bonds is 5. The number of nitrogens with one attached hydrogen (secondary N) is 1. The minimum Gasteiger partial charge on any atom is -0.353 e. The summed E-state index contributed by atoms with van der Waals surface area (Å²) in [4.78, 5) is 12.1. The maximum Gasteiger partial charge on any atom is 0.252 e. The third kappa shape index (κ3) is 3.90. The Balaban J connectivity index is 1.58. The first-order valence-corrected chi connectivity index (χ1v) is 10.6. The molecule has 1 aliphatic heterocycles. The predicted octanol–water partition coefficient (Wildman–Crippen LogP) is 2.72. The van der Waals surface area contributed by atoms with Gasteiger partial charge in [0.05, 0.1) is 4.34 Å². The van der Waals surface area contributed by atoms with Crippen LogP contribution in [0.5, 0.6) is 0 Å². The van der Waals surface area contributed by atoms with E-state index in [9.17, 15) is 13.2 Å². The van der Waals surface area contributed by atoms with Crippen molar-refractivity contribution in [3.8, 4) is 0 Å². The van der Waals surface area contributed by atoms with E-state index in [-0.39, 0.29) is 17.7 Å². The Kier molecular flexibility index (Phi) is 5.01. The quantitative estimate of drug-likeness (QED) is 0.859. The molecule has 0 spiro atoms. The van der Waals surface area contributed by atoms with E-state index >= 15 is 0 Å². The zero-order valence-corrected chi connectivity index (χ0v) is 15.4. The molecule has 0 unspecified atom stereocenters. The van der Waals surface area contributed by atoms with Gasteiger partial charge in [-0.15, -0.1) is 11.3 Å². The van der Waals surface area contributed by atoms with Gasteiger partial charge in [-0.2, -0.15) is 4.31 Å². The monoisotopic (exact) mass is 376 g/mol. The average molecular weight is 377 g/mol. The van der Waals surface area contributed by atoms with Crippen LogP contribution in [0.1, 0.15) is 32.6 Å². The van der Waals surface area contributed by atoms with Gasteiger partial charge in [0.2, 0.25) is 5.91 Å². The van der Waals surface area contributed by atoms with Crippen LogP contribution >= 0.6 is 22.9 Å². The second-order valence-corrected chi connectivity index (χ2v) is 10.3. The molecule has 1 saturated heterocycles. The molecule has 3 rings (SSSR count). The molecule has 1 aliphatic carbocycles. The first kappa shape index (κ1) is 17.2. The fraction of sp³-hybridized carbons (Fsp3) is 0.667. The highest BCUT2D eigenvalue weighted by Crippen LogP contribution is 2.32. The van der Waals surface area contributed by atoms with Crippen molar-refractivity contribution in [3.05, 3.63) is 16.5 Å². The highest BCUT2D eigenvalue weighted by atomic mass is 35.5. The van der Waals surface area contributed by atoms with Gasteiger partial charge in [0.1, 0.15) is 4.21 Å². The number of nitrogens with zero attached hydrogens (tertiary/aromatic N) is 1. The number of amides is 1. The van der Waals surface area contributed by atoms with E-state index in [1.54, 1.807) is 12.1 Å². The molecule has 2 aliphatic rings. The van der Waals surface area contributed by atoms with Gasteiger partial charge in [-0.3, -0.25) is 4.79 Å². The topological polar surface area (TPSA) is 66.5 Å². The minimum atomic E-state index is -3.45. The largest absolute Gasteiger partial charge is 0.353 e. The smallest absolute Gasteiger partial charge is 0.252 e. The molecule has 1 N–H and O–H groups in total. The van der Waals surface area contributed by atoms with Crippen LogP contribution < -0.4 is 5.32 Å². The second-order valence-electron chi connectivity index (χ2n) is 6.37. The average Bonchev–Trinajstić information content (AvgIpc) is 3.23. The Labute approximate surface area is 146 Å². The maximum absolute atomic E-state index is 12.6. The van der Waals surface area contributed by atoms with Crippen LogP contribution in [0.25, 0.3) is 0 Å². The number of sulfonamides is 1. The van der Waals surface area contributed by atoms with Crippen molar-refractivity contribution in [2.24, 2.45) is 11.8 Å². The summed E-state index contributed by atoms with van der Waals surface area (Å²) in [5.74, 6) is 0.294. The van der Waals surface area contributed by atoms with E-state index in [0.29, 0.717) is 27.7 Å². The molecule has 1 amide bonds. The summed E-state index contributed by atoms with van der Waals surface area (Å²) in [6.45, 7) is 2.87. The van der Waals surface area contributed by atoms with Crippen LogP contribution in [0.4, 0.5) is 0 Å². The fourth-order valence-electron chi connectivity index (χ4n) is 2.95. The van der Waals surface area contributed by atoms with Crippen LogP contribution in [-0.2, 0) is 14.8 Å². The molecule has 0 aromatic carbocycles. The van der Waals surface area contributed by atoms with E-state index in [4.69, 9.17) is 11.6 Å². The number of piperidine rings is 1. The number of halogens is 1. The molecule has 128 valence electrons. The first-order chi connectivity index (χ1) is 10.9. The number of carbonyl (C=O) groups excluding carboxylic acids is 1. The highest BCUT2D eigenvalue weighted by molar-refractivity contribution is 7.91. The third-order valence-corrected chi connectivity index (χ3v) is 8.28. The molecule has 2 fully saturated rings. The van der Waals surface area contributed by atoms with Gasteiger partial charge in [-0.1, -0.05) is 18.5 Å². The summed E-state index contributed by atoms with van der Waals surface area (Å²) in [6.07, 6.45) is 3.60. The van der Waals surface area contributed by atoms with Gasteiger partial charge in [0, 0.05) is 25.0 Å². The number of carbonyl (C=O) groups is 1. The number of hydrogen-bond donors (Lipinski definition) is 1. The molecule has 0 bridgehead atoms. The molecule has 1 saturated carbocycles. The van der Waals surface area contributed by atoms with Crippen LogP contribution in [0, 0.1) is 11.8 Å². The summed E-state index contributed by atoms with van der Waals surface area (Å²) in [5.41, 5.74) is 0. The van der Waals surface area contributed by atoms with Crippen molar-refractivity contribution in [1.82, 2.24) is 9.62 Å². The lowest BCUT2D eigenvalue weighted by atomic mass is 9.85. The Hall–Kier alpha value is -0.630. The molecule has 23 heavy (non-hydrogen) atoms. The van der Waals surface area contributed by atoms with Crippen molar-refractivity contribution in [2.75, 3.05) is 13.1 Å². The Bertz CT molecular complexity index is 677. The molecular formula is C15H21ClN2O3S2. The lowest BCUT2D eigenvalue weighted by molar-refractivity contribution is -0.126. The van der Waals surface area contributed by atoms with Crippen molar-refractivity contribution in [1.29, 1.82) is 0 Å². The van der Waals surface area contributed by atoms with Crippen molar-refractivity contribution >= 4 is 38.9 Å². The number of thiophene rings is 1. The Morgan fingerprint density at radius 2 is 1.96 bits per heavy atom. The van der Waals surface area contributed by atoms with Crippen LogP contribution in [0.15, 0.2) is 16.3 Å². The highest BCUT2D eigenvalue weighted by Gasteiger charge is 2.35. The first-order valence-electron chi connectivity index (χ1n) is 7.94. The summed E-state index contributed by atoms with van der Waals surface area (Å²) in [5, 5.41) is 3.04. The maximum atomic E-state index is 12.6. The van der Waals surface area contributed by atoms with Gasteiger partial charge in [-0.25, -0.2) is 8.42 Å². The lowest BCUT2D eigenvalue weighted by Gasteiger charge is -2.33. The zero-order chi connectivity index (χ0) is 16.6. The van der Waals surface area contributed by atoms with Crippen LogP contribution in [-0.4, -0.2) is 37.8 Å². The molecule has 1 atom stereocenters. The van der Waals surface area contributed by atoms with E-state index in [0.717, 1.165) is 37.0 Å². The van der Waals surface area contributed by atoms with Gasteiger partial charge < -0.3 is 5.32 Å². The second kappa shape index (κ2) is 6.70. The summed E-state index contributed by atoms with van der Waals surface area (Å²) >= 11 is 6.93. The van der Waals surface area contributed by atoms with Crippen LogP contribution in [0.3, 0.4) is 0 Å². The molecule has 5 nitrogen and oxygen atoms in total. The fourth-order valence-corrected chi connectivity index (χ4v) is 6.06. The summed E-state index contributed by atoms with van der Waals surface area (Å²) < 4.78 is 27.4. The molecular weight excluding hydrogens is 356 g/mol. The molecule has 1 aromatic heterocycles. The van der Waals surface area contributed by atoms with Crippen molar-refractivity contribution < 1.29 is 13.2 Å². The SMILES string of the molecule is C[C@@H](C(=O)NC1CC1)C1CCN(S(=O)(=O)c2ccc(Cl)s2)CC1. The molecule has 1 aromatic rings. The molecule has 0 radical (unpaired) electrons. The lowest BCUT2D eigenvalue weighted by Crippen LogP contribution is -2.42. The zero-order valence-electron chi connectivity index (χ0n) is 13.0. The molecule has 8 heteroatoms. The normalized spacial score (nSPS) is 22.0. The Morgan fingerprint density at radius 1 is 1.30 bits per heavy atom. The van der Waals surface area contributed by atoms with E-state index in [1.807, 2.05) is 6.92 Å². The predicted molar refractivity (Wildman–Crippen MR) is 91.1 cm³/mol. The van der Waals surface area contributed by atoms with Gasteiger partial charge in [0.25, 0.3) is 10.0 Å². The van der Waals surface area contributed by atoms with Crippen LogP contribution in [0.2, 0.25) is 4.34 Å². The van der Waals surface area contributed by atoms with E-state index < -0.39 is 10.0 Å².